The van der Waals surface area contributed by atoms with Gasteiger partial charge in [-0.2, -0.15) is 0 Å². The molecule has 0 amide bonds. The molecule has 0 heterocycles. The Balaban J connectivity index is 2.12. The molecule has 0 spiro atoms. The Bertz CT molecular complexity index is 634. The number of carbonyl (C=O) groups is 1. The number of hydrogen-bond donors (Lipinski definition) is 2. The first kappa shape index (κ1) is 15.2. The van der Waals surface area contributed by atoms with Crippen LogP contribution in [0.5, 0.6) is 0 Å². The minimum Gasteiger partial charge on any atom is -0.481 e. The summed E-state index contributed by atoms with van der Waals surface area (Å²) in [5.41, 5.74) is 0. The van der Waals surface area contributed by atoms with Crippen molar-refractivity contribution in [3.63, 3.8) is 0 Å². The van der Waals surface area contributed by atoms with Gasteiger partial charge < -0.3 is 5.11 Å². The minimum absolute atomic E-state index is 0.136. The Morgan fingerprint density at radius 2 is 2.10 bits per heavy atom. The number of aliphatic carboxylic acids is 1. The number of rotatable bonds is 4. The summed E-state index contributed by atoms with van der Waals surface area (Å²) in [6, 6.07) is 2.70. The standard InChI is InChI=1S/C12H13ClFNO4S/c13-10-6-9(3-4-11(10)14)20(18,19)15-8-2-1-7(5-8)12(16)17/h3-4,6-8,15H,1-2,5H2,(H,16,17)/t7-,8+/m1/s1. The third kappa shape index (κ3) is 3.28. The van der Waals surface area contributed by atoms with Crippen LogP contribution in [0.3, 0.4) is 0 Å². The van der Waals surface area contributed by atoms with Crippen molar-refractivity contribution in [1.82, 2.24) is 4.72 Å². The highest BCUT2D eigenvalue weighted by molar-refractivity contribution is 7.89. The molecule has 1 aromatic rings. The second-order valence-corrected chi connectivity index (χ2v) is 6.86. The molecule has 1 saturated carbocycles. The van der Waals surface area contributed by atoms with Crippen LogP contribution in [0.25, 0.3) is 0 Å². The summed E-state index contributed by atoms with van der Waals surface area (Å²) in [6.07, 6.45) is 1.15. The van der Waals surface area contributed by atoms with E-state index >= 15 is 0 Å². The van der Waals surface area contributed by atoms with Crippen molar-refractivity contribution in [1.29, 1.82) is 0 Å². The normalized spacial score (nSPS) is 22.9. The maximum atomic E-state index is 13.0. The van der Waals surface area contributed by atoms with Crippen LogP contribution >= 0.6 is 11.6 Å². The molecular formula is C12H13ClFNO4S. The van der Waals surface area contributed by atoms with Gasteiger partial charge in [0.1, 0.15) is 5.82 Å². The molecule has 2 N–H and O–H groups in total. The molecule has 2 rings (SSSR count). The number of hydrogen-bond acceptors (Lipinski definition) is 3. The molecule has 1 fully saturated rings. The summed E-state index contributed by atoms with van der Waals surface area (Å²) < 4.78 is 39.6. The van der Waals surface area contributed by atoms with Gasteiger partial charge in [0, 0.05) is 6.04 Å². The fourth-order valence-electron chi connectivity index (χ4n) is 2.24. The SMILES string of the molecule is O=C(O)[C@@H]1CC[C@H](NS(=O)(=O)c2ccc(F)c(Cl)c2)C1. The van der Waals surface area contributed by atoms with Gasteiger partial charge in [-0.25, -0.2) is 17.5 Å². The average molecular weight is 322 g/mol. The Kier molecular flexibility index (Phi) is 4.31. The van der Waals surface area contributed by atoms with Crippen molar-refractivity contribution in [2.24, 2.45) is 5.92 Å². The van der Waals surface area contributed by atoms with Gasteiger partial charge in [-0.1, -0.05) is 11.6 Å². The van der Waals surface area contributed by atoms with Gasteiger partial charge in [0.05, 0.1) is 15.8 Å². The smallest absolute Gasteiger partial charge is 0.306 e. The largest absolute Gasteiger partial charge is 0.481 e. The molecule has 0 saturated heterocycles. The molecule has 1 aliphatic rings. The number of halogens is 2. The summed E-state index contributed by atoms with van der Waals surface area (Å²) in [5, 5.41) is 8.60. The second kappa shape index (κ2) is 5.67. The molecule has 0 radical (unpaired) electrons. The number of nitrogens with one attached hydrogen (secondary N) is 1. The van der Waals surface area contributed by atoms with Crippen LogP contribution < -0.4 is 4.72 Å². The maximum absolute atomic E-state index is 13.0. The first-order valence-corrected chi connectivity index (χ1v) is 7.86. The van der Waals surface area contributed by atoms with E-state index in [1.165, 1.54) is 0 Å². The highest BCUT2D eigenvalue weighted by atomic mass is 35.5. The summed E-state index contributed by atoms with van der Waals surface area (Å²) >= 11 is 5.56. The van der Waals surface area contributed by atoms with Gasteiger partial charge >= 0.3 is 5.97 Å². The van der Waals surface area contributed by atoms with Crippen molar-refractivity contribution < 1.29 is 22.7 Å². The lowest BCUT2D eigenvalue weighted by Crippen LogP contribution is -2.33. The molecule has 0 aliphatic heterocycles. The van der Waals surface area contributed by atoms with E-state index in [1.807, 2.05) is 0 Å². The predicted molar refractivity (Wildman–Crippen MR) is 70.5 cm³/mol. The van der Waals surface area contributed by atoms with Gasteiger partial charge in [0.2, 0.25) is 10.0 Å². The zero-order valence-corrected chi connectivity index (χ0v) is 11.9. The highest BCUT2D eigenvalue weighted by Crippen LogP contribution is 2.27. The molecule has 2 atom stereocenters. The van der Waals surface area contributed by atoms with Crippen LogP contribution in [0.1, 0.15) is 19.3 Å². The van der Waals surface area contributed by atoms with Crippen LogP contribution in [-0.4, -0.2) is 25.5 Å². The van der Waals surface area contributed by atoms with Gasteiger partial charge in [-0.3, -0.25) is 4.79 Å². The highest BCUT2D eigenvalue weighted by Gasteiger charge is 2.32. The Morgan fingerprint density at radius 3 is 2.65 bits per heavy atom. The van der Waals surface area contributed by atoms with E-state index in [2.05, 4.69) is 4.72 Å². The summed E-state index contributed by atoms with van der Waals surface area (Å²) in [7, 11) is -3.83. The monoisotopic (exact) mass is 321 g/mol. The zero-order chi connectivity index (χ0) is 14.9. The van der Waals surface area contributed by atoms with Crippen molar-refractivity contribution in [2.45, 2.75) is 30.2 Å². The van der Waals surface area contributed by atoms with E-state index in [4.69, 9.17) is 16.7 Å². The summed E-state index contributed by atoms with van der Waals surface area (Å²) in [6.45, 7) is 0. The number of sulfonamides is 1. The van der Waals surface area contributed by atoms with Gasteiger partial charge in [-0.15, -0.1) is 0 Å². The first-order valence-electron chi connectivity index (χ1n) is 6.00. The second-order valence-electron chi connectivity index (χ2n) is 4.74. The molecule has 110 valence electrons. The molecule has 0 bridgehead atoms. The summed E-state index contributed by atoms with van der Waals surface area (Å²) in [5.74, 6) is -2.14. The fraction of sp³-hybridized carbons (Fsp3) is 0.417. The van der Waals surface area contributed by atoms with E-state index in [1.54, 1.807) is 0 Å². The average Bonchev–Trinajstić information content (AvgIpc) is 2.80. The molecule has 20 heavy (non-hydrogen) atoms. The van der Waals surface area contributed by atoms with Crippen LogP contribution in [0.2, 0.25) is 5.02 Å². The minimum atomic E-state index is -3.83. The Morgan fingerprint density at radius 1 is 1.40 bits per heavy atom. The predicted octanol–water partition coefficient (Wildman–Crippen LogP) is 2.01. The van der Waals surface area contributed by atoms with Gasteiger partial charge in [0.15, 0.2) is 0 Å². The van der Waals surface area contributed by atoms with Crippen LogP contribution in [-0.2, 0) is 14.8 Å². The molecule has 0 aromatic heterocycles. The van der Waals surface area contributed by atoms with E-state index < -0.39 is 33.8 Å². The molecule has 8 heteroatoms. The third-order valence-corrected chi connectivity index (χ3v) is 5.11. The quantitative estimate of drug-likeness (QED) is 0.888. The topological polar surface area (TPSA) is 83.5 Å². The lowest BCUT2D eigenvalue weighted by molar-refractivity contribution is -0.141. The zero-order valence-electron chi connectivity index (χ0n) is 10.3. The number of carboxylic acid groups (broad SMARTS) is 1. The van der Waals surface area contributed by atoms with E-state index in [0.29, 0.717) is 12.8 Å². The first-order chi connectivity index (χ1) is 9.29. The molecule has 1 aliphatic carbocycles. The van der Waals surface area contributed by atoms with Gasteiger partial charge in [-0.05, 0) is 37.5 Å². The molecule has 0 unspecified atom stereocenters. The van der Waals surface area contributed by atoms with Gasteiger partial charge in [0.25, 0.3) is 0 Å². The van der Waals surface area contributed by atoms with Crippen LogP contribution in [0, 0.1) is 11.7 Å². The fourth-order valence-corrected chi connectivity index (χ4v) is 3.80. The molecule has 5 nitrogen and oxygen atoms in total. The molecule has 1 aromatic carbocycles. The van der Waals surface area contributed by atoms with Crippen molar-refractivity contribution in [3.05, 3.63) is 29.0 Å². The lowest BCUT2D eigenvalue weighted by Gasteiger charge is -2.13. The third-order valence-electron chi connectivity index (χ3n) is 3.31. The molecular weight excluding hydrogens is 309 g/mol. The number of benzene rings is 1. The van der Waals surface area contributed by atoms with Crippen LogP contribution in [0.15, 0.2) is 23.1 Å². The number of carboxylic acids is 1. The Hall–Kier alpha value is -1.18. The van der Waals surface area contributed by atoms with Crippen molar-refractivity contribution >= 4 is 27.6 Å². The van der Waals surface area contributed by atoms with Crippen molar-refractivity contribution in [2.75, 3.05) is 0 Å². The van der Waals surface area contributed by atoms with E-state index in [-0.39, 0.29) is 16.3 Å². The maximum Gasteiger partial charge on any atom is 0.306 e. The van der Waals surface area contributed by atoms with Crippen molar-refractivity contribution in [3.8, 4) is 0 Å². The summed E-state index contributed by atoms with van der Waals surface area (Å²) in [4.78, 5) is 10.7. The van der Waals surface area contributed by atoms with Crippen LogP contribution in [0.4, 0.5) is 4.39 Å². The Labute approximate surface area is 120 Å². The van der Waals surface area contributed by atoms with E-state index in [9.17, 15) is 17.6 Å². The lowest BCUT2D eigenvalue weighted by atomic mass is 10.1. The van der Waals surface area contributed by atoms with E-state index in [0.717, 1.165) is 18.2 Å².